The molecule has 0 aromatic heterocycles. The van der Waals surface area contributed by atoms with E-state index in [0.717, 1.165) is 11.8 Å². The van der Waals surface area contributed by atoms with Crippen molar-refractivity contribution >= 4 is 0 Å². The minimum Gasteiger partial charge on any atom is -0.0885 e. The highest BCUT2D eigenvalue weighted by molar-refractivity contribution is 4.82. The summed E-state index contributed by atoms with van der Waals surface area (Å²) in [6, 6.07) is 0. The highest BCUT2D eigenvalue weighted by Gasteiger charge is 2.11. The van der Waals surface area contributed by atoms with Crippen LogP contribution in [0.3, 0.4) is 0 Å². The molecule has 0 radical (unpaired) electrons. The van der Waals surface area contributed by atoms with Gasteiger partial charge in [-0.3, -0.25) is 0 Å². The molecule has 2 atom stereocenters. The molecule has 0 aliphatic rings. The first-order chi connectivity index (χ1) is 19.2. The van der Waals surface area contributed by atoms with Crippen LogP contribution in [-0.4, -0.2) is 0 Å². The third-order valence-corrected chi connectivity index (χ3v) is 9.06. The summed E-state index contributed by atoms with van der Waals surface area (Å²) in [4.78, 5) is 0. The van der Waals surface area contributed by atoms with Crippen molar-refractivity contribution < 1.29 is 0 Å². The highest BCUT2D eigenvalue weighted by atomic mass is 14.2. The van der Waals surface area contributed by atoms with Crippen LogP contribution < -0.4 is 0 Å². The van der Waals surface area contributed by atoms with E-state index in [9.17, 15) is 0 Å². The van der Waals surface area contributed by atoms with Gasteiger partial charge in [-0.05, 0) is 63.2 Å². The van der Waals surface area contributed by atoms with E-state index in [2.05, 4.69) is 52.0 Å². The molecule has 0 spiro atoms. The molecule has 0 aliphatic heterocycles. The number of hydrogen-bond acceptors (Lipinski definition) is 0. The zero-order valence-electron chi connectivity index (χ0n) is 28.0. The Morgan fingerprint density at radius 1 is 0.308 bits per heavy atom. The molecule has 0 rings (SSSR count). The average molecular weight is 545 g/mol. The van der Waals surface area contributed by atoms with Crippen LogP contribution in [0.25, 0.3) is 0 Å². The average Bonchev–Trinajstić information content (AvgIpc) is 2.94. The van der Waals surface area contributed by atoms with Crippen molar-refractivity contribution in [3.8, 4) is 0 Å². The molecule has 0 saturated heterocycles. The van der Waals surface area contributed by atoms with Gasteiger partial charge in [0.15, 0.2) is 0 Å². The van der Waals surface area contributed by atoms with Gasteiger partial charge in [-0.15, -0.1) is 0 Å². The maximum absolute atomic E-state index is 2.52. The first kappa shape index (κ1) is 38.5. The largest absolute Gasteiger partial charge is 0.0885 e. The summed E-state index contributed by atoms with van der Waals surface area (Å²) in [5, 5.41) is 0. The van der Waals surface area contributed by atoms with Gasteiger partial charge in [0.05, 0.1) is 0 Å². The zero-order valence-corrected chi connectivity index (χ0v) is 28.0. The Morgan fingerprint density at radius 3 is 0.872 bits per heavy atom. The minimum atomic E-state index is 0.920. The van der Waals surface area contributed by atoms with E-state index in [1.807, 2.05) is 0 Å². The molecule has 0 aromatic carbocycles. The maximum Gasteiger partial charge on any atom is -0.0351 e. The monoisotopic (exact) mass is 545 g/mol. The van der Waals surface area contributed by atoms with Crippen LogP contribution in [0, 0.1) is 11.8 Å². The van der Waals surface area contributed by atoms with Crippen molar-refractivity contribution in [2.24, 2.45) is 11.8 Å². The SMILES string of the molecule is CCCCCC=CCCCCCCCCCCCC(C)C(C)CCCCCCCCC=CCCCCCCC. The number of hydrogen-bond donors (Lipinski definition) is 0. The van der Waals surface area contributed by atoms with Crippen LogP contribution in [0.15, 0.2) is 24.3 Å². The molecule has 0 fully saturated rings. The Morgan fingerprint density at radius 2 is 0.538 bits per heavy atom. The summed E-state index contributed by atoms with van der Waals surface area (Å²) in [7, 11) is 0. The summed E-state index contributed by atoms with van der Waals surface area (Å²) >= 11 is 0. The topological polar surface area (TPSA) is 0 Å². The van der Waals surface area contributed by atoms with Crippen LogP contribution >= 0.6 is 0 Å². The Hall–Kier alpha value is -0.520. The predicted octanol–water partition coefficient (Wildman–Crippen LogP) is 14.7. The Labute approximate surface area is 249 Å². The summed E-state index contributed by atoms with van der Waals surface area (Å²) in [5.74, 6) is 1.84. The number of unbranched alkanes of at least 4 members (excludes halogenated alkanes) is 23. The molecule has 0 aliphatic carbocycles. The molecule has 0 nitrogen and oxygen atoms in total. The van der Waals surface area contributed by atoms with Gasteiger partial charge in [0.25, 0.3) is 0 Å². The standard InChI is InChI=1S/C39H76/c1-5-7-9-11-13-15-17-19-21-23-25-27-29-31-33-35-37-39(4)38(3)36-34-32-30-28-26-24-22-20-18-16-14-12-10-8-6-2/h13,15,18,20,38-39H,5-12,14,16-17,19,21-37H2,1-4H3. The van der Waals surface area contributed by atoms with Crippen molar-refractivity contribution in [2.75, 3.05) is 0 Å². The fourth-order valence-electron chi connectivity index (χ4n) is 5.82. The van der Waals surface area contributed by atoms with Gasteiger partial charge < -0.3 is 0 Å². The molecule has 0 amide bonds. The van der Waals surface area contributed by atoms with E-state index >= 15 is 0 Å². The quantitative estimate of drug-likeness (QED) is 0.0583. The maximum atomic E-state index is 2.52. The van der Waals surface area contributed by atoms with Gasteiger partial charge in [-0.2, -0.15) is 0 Å². The lowest BCUT2D eigenvalue weighted by Crippen LogP contribution is -2.08. The molecule has 2 unspecified atom stereocenters. The summed E-state index contributed by atoms with van der Waals surface area (Å²) < 4.78 is 0. The van der Waals surface area contributed by atoms with Gasteiger partial charge in [-0.25, -0.2) is 0 Å². The Kier molecular flexibility index (Phi) is 33.2. The van der Waals surface area contributed by atoms with E-state index in [1.54, 1.807) is 0 Å². The van der Waals surface area contributed by atoms with Crippen molar-refractivity contribution in [3.05, 3.63) is 24.3 Å². The Balaban J connectivity index is 3.34. The van der Waals surface area contributed by atoms with Gasteiger partial charge in [-0.1, -0.05) is 187 Å². The van der Waals surface area contributed by atoms with Gasteiger partial charge in [0.1, 0.15) is 0 Å². The fourth-order valence-corrected chi connectivity index (χ4v) is 5.82. The Bertz CT molecular complexity index is 486. The van der Waals surface area contributed by atoms with E-state index < -0.39 is 0 Å². The molecule has 0 saturated carbocycles. The second-order valence-electron chi connectivity index (χ2n) is 13.1. The third-order valence-electron chi connectivity index (χ3n) is 9.06. The summed E-state index contributed by atoms with van der Waals surface area (Å²) in [6.45, 7) is 9.61. The molecule has 0 heteroatoms. The fraction of sp³-hybridized carbons (Fsp3) is 0.897. The first-order valence-corrected chi connectivity index (χ1v) is 18.5. The number of rotatable bonds is 32. The molecule has 0 aromatic rings. The third kappa shape index (κ3) is 31.9. The summed E-state index contributed by atoms with van der Waals surface area (Å²) in [5.41, 5.74) is 0. The highest BCUT2D eigenvalue weighted by Crippen LogP contribution is 2.24. The van der Waals surface area contributed by atoms with E-state index in [0.29, 0.717) is 0 Å². The lowest BCUT2D eigenvalue weighted by atomic mass is 9.86. The lowest BCUT2D eigenvalue weighted by molar-refractivity contribution is 0.322. The molecule has 0 bridgehead atoms. The smallest absolute Gasteiger partial charge is 0.0351 e. The van der Waals surface area contributed by atoms with Gasteiger partial charge in [0, 0.05) is 0 Å². The zero-order chi connectivity index (χ0) is 28.5. The van der Waals surface area contributed by atoms with Crippen LogP contribution in [0.2, 0.25) is 0 Å². The minimum absolute atomic E-state index is 0.920. The second-order valence-corrected chi connectivity index (χ2v) is 13.1. The van der Waals surface area contributed by atoms with E-state index in [4.69, 9.17) is 0 Å². The van der Waals surface area contributed by atoms with Crippen LogP contribution in [0.4, 0.5) is 0 Å². The van der Waals surface area contributed by atoms with Crippen molar-refractivity contribution in [2.45, 2.75) is 214 Å². The normalized spacial score (nSPS) is 13.6. The van der Waals surface area contributed by atoms with Crippen LogP contribution in [0.1, 0.15) is 214 Å². The molecular weight excluding hydrogens is 468 g/mol. The van der Waals surface area contributed by atoms with Gasteiger partial charge in [0.2, 0.25) is 0 Å². The van der Waals surface area contributed by atoms with Crippen molar-refractivity contribution in [1.82, 2.24) is 0 Å². The molecule has 39 heavy (non-hydrogen) atoms. The van der Waals surface area contributed by atoms with Crippen LogP contribution in [0.5, 0.6) is 0 Å². The first-order valence-electron chi connectivity index (χ1n) is 18.5. The molecule has 232 valence electrons. The van der Waals surface area contributed by atoms with Crippen molar-refractivity contribution in [3.63, 3.8) is 0 Å². The van der Waals surface area contributed by atoms with E-state index in [-0.39, 0.29) is 0 Å². The van der Waals surface area contributed by atoms with E-state index in [1.165, 1.54) is 186 Å². The molecular formula is C39H76. The second kappa shape index (κ2) is 33.7. The van der Waals surface area contributed by atoms with Gasteiger partial charge >= 0.3 is 0 Å². The summed E-state index contributed by atoms with van der Waals surface area (Å²) in [6.07, 6.45) is 50.7. The molecule has 0 heterocycles. The van der Waals surface area contributed by atoms with Crippen molar-refractivity contribution in [1.29, 1.82) is 0 Å². The predicted molar refractivity (Wildman–Crippen MR) is 182 cm³/mol. The number of allylic oxidation sites excluding steroid dienone is 4. The lowest BCUT2D eigenvalue weighted by Gasteiger charge is -2.19. The van der Waals surface area contributed by atoms with Crippen LogP contribution in [-0.2, 0) is 0 Å². The molecule has 0 N–H and O–H groups in total.